The molecule has 2 aromatic rings. The number of hydrogen-bond acceptors (Lipinski definition) is 2. The molecule has 0 aromatic heterocycles. The van der Waals surface area contributed by atoms with Crippen LogP contribution in [0.25, 0.3) is 0 Å². The van der Waals surface area contributed by atoms with E-state index in [0.29, 0.717) is 18.4 Å². The molecule has 3 rings (SSSR count). The molecule has 0 radical (unpaired) electrons. The molecule has 28 heavy (non-hydrogen) atoms. The molecule has 1 N–H and O–H groups in total. The van der Waals surface area contributed by atoms with Gasteiger partial charge in [-0.1, -0.05) is 32.0 Å². The van der Waals surface area contributed by atoms with E-state index in [4.69, 9.17) is 4.74 Å². The van der Waals surface area contributed by atoms with E-state index in [9.17, 15) is 18.0 Å². The average molecular weight is 391 g/mol. The first-order valence-corrected chi connectivity index (χ1v) is 9.35. The van der Waals surface area contributed by atoms with Crippen LogP contribution in [0.15, 0.2) is 42.5 Å². The minimum atomic E-state index is -0.946. The van der Waals surface area contributed by atoms with Crippen molar-refractivity contribution in [3.05, 3.63) is 71.0 Å². The fraction of sp³-hybridized carbons (Fsp3) is 0.409. The highest BCUT2D eigenvalue weighted by Gasteiger charge is 2.40. The minimum Gasteiger partial charge on any atom is -0.365 e. The largest absolute Gasteiger partial charge is 0.365 e. The molecule has 3 nitrogen and oxygen atoms in total. The van der Waals surface area contributed by atoms with E-state index >= 15 is 0 Å². The first-order valence-electron chi connectivity index (χ1n) is 9.35. The van der Waals surface area contributed by atoms with Crippen LogP contribution in [0.4, 0.5) is 13.2 Å². The van der Waals surface area contributed by atoms with E-state index in [-0.39, 0.29) is 17.6 Å². The number of carbonyl (C=O) groups is 1. The Morgan fingerprint density at radius 2 is 1.57 bits per heavy atom. The number of hydrogen-bond donors (Lipinski definition) is 1. The van der Waals surface area contributed by atoms with Gasteiger partial charge in [0.15, 0.2) is 11.6 Å². The molecule has 0 spiro atoms. The van der Waals surface area contributed by atoms with Crippen LogP contribution in [0.1, 0.15) is 56.9 Å². The third-order valence-corrected chi connectivity index (χ3v) is 5.11. The third-order valence-electron chi connectivity index (χ3n) is 5.11. The Morgan fingerprint density at radius 3 is 2.14 bits per heavy atom. The maximum absolute atomic E-state index is 13.8. The van der Waals surface area contributed by atoms with Crippen molar-refractivity contribution in [2.24, 2.45) is 5.92 Å². The first kappa shape index (κ1) is 20.4. The van der Waals surface area contributed by atoms with Crippen LogP contribution in [0.5, 0.6) is 0 Å². The van der Waals surface area contributed by atoms with Gasteiger partial charge in [-0.3, -0.25) is 4.79 Å². The lowest BCUT2D eigenvalue weighted by Crippen LogP contribution is -2.52. The lowest BCUT2D eigenvalue weighted by molar-refractivity contribution is -0.131. The zero-order valence-corrected chi connectivity index (χ0v) is 16.1. The van der Waals surface area contributed by atoms with Gasteiger partial charge in [0, 0.05) is 24.3 Å². The van der Waals surface area contributed by atoms with Crippen molar-refractivity contribution in [3.8, 4) is 0 Å². The highest BCUT2D eigenvalue weighted by atomic mass is 19.2. The molecule has 1 amide bonds. The van der Waals surface area contributed by atoms with Crippen molar-refractivity contribution < 1.29 is 22.7 Å². The predicted octanol–water partition coefficient (Wildman–Crippen LogP) is 5.23. The number of nitrogens with one attached hydrogen (secondary N) is 1. The molecule has 0 unspecified atom stereocenters. The molecule has 6 heteroatoms. The van der Waals surface area contributed by atoms with E-state index in [0.717, 1.165) is 17.7 Å². The molecular formula is C22H24F3NO2. The molecule has 1 aliphatic rings. The second-order valence-corrected chi connectivity index (χ2v) is 7.95. The van der Waals surface area contributed by atoms with Gasteiger partial charge < -0.3 is 10.1 Å². The lowest BCUT2D eigenvalue weighted by atomic mass is 9.81. The summed E-state index contributed by atoms with van der Waals surface area (Å²) in [6.07, 6.45) is -0.0767. The van der Waals surface area contributed by atoms with Gasteiger partial charge >= 0.3 is 0 Å². The monoisotopic (exact) mass is 391 g/mol. The average Bonchev–Trinajstić information content (AvgIpc) is 2.63. The molecule has 3 atom stereocenters. The summed E-state index contributed by atoms with van der Waals surface area (Å²) in [6.45, 7) is 5.53. The lowest BCUT2D eigenvalue weighted by Gasteiger charge is -2.43. The molecule has 1 aliphatic heterocycles. The maximum Gasteiger partial charge on any atom is 0.222 e. The van der Waals surface area contributed by atoms with Gasteiger partial charge in [-0.25, -0.2) is 13.2 Å². The Bertz CT molecular complexity index is 853. The molecular weight excluding hydrogens is 367 g/mol. The third kappa shape index (κ3) is 4.55. The van der Waals surface area contributed by atoms with Gasteiger partial charge in [0.25, 0.3) is 0 Å². The number of amides is 1. The van der Waals surface area contributed by atoms with Gasteiger partial charge in [-0.15, -0.1) is 0 Å². The number of halogens is 3. The van der Waals surface area contributed by atoms with Crippen LogP contribution in [0, 0.1) is 23.4 Å². The van der Waals surface area contributed by atoms with Crippen LogP contribution in [-0.2, 0) is 9.53 Å². The molecule has 0 saturated carbocycles. The van der Waals surface area contributed by atoms with Gasteiger partial charge in [0.2, 0.25) is 5.91 Å². The van der Waals surface area contributed by atoms with Gasteiger partial charge in [0.05, 0.1) is 12.2 Å². The standard InChI is InChI=1S/C22H24F3NO2/c1-13(2)21(27)26-22(3)11-19(14-4-7-16(23)8-5-14)28-20(12-22)15-6-9-17(24)18(25)10-15/h4-10,13,19-20H,11-12H2,1-3H3,(H,26,27)/t19-,20+,22+/m0/s1. The van der Waals surface area contributed by atoms with E-state index < -0.39 is 29.4 Å². The van der Waals surface area contributed by atoms with Crippen molar-refractivity contribution in [2.45, 2.75) is 51.4 Å². The zero-order chi connectivity index (χ0) is 20.5. The summed E-state index contributed by atoms with van der Waals surface area (Å²) >= 11 is 0. The van der Waals surface area contributed by atoms with E-state index in [1.165, 1.54) is 18.2 Å². The maximum atomic E-state index is 13.8. The zero-order valence-electron chi connectivity index (χ0n) is 16.1. The summed E-state index contributed by atoms with van der Waals surface area (Å²) in [5.41, 5.74) is 0.642. The highest BCUT2D eigenvalue weighted by Crippen LogP contribution is 2.44. The summed E-state index contributed by atoms with van der Waals surface area (Å²) in [5.74, 6) is -2.51. The summed E-state index contributed by atoms with van der Waals surface area (Å²) in [5, 5.41) is 3.07. The van der Waals surface area contributed by atoms with Crippen molar-refractivity contribution in [1.82, 2.24) is 5.32 Å². The van der Waals surface area contributed by atoms with E-state index in [2.05, 4.69) is 5.32 Å². The normalized spacial score (nSPS) is 25.0. The van der Waals surface area contributed by atoms with Crippen LogP contribution in [0.2, 0.25) is 0 Å². The van der Waals surface area contributed by atoms with Crippen molar-refractivity contribution in [3.63, 3.8) is 0 Å². The van der Waals surface area contributed by atoms with Crippen LogP contribution in [0.3, 0.4) is 0 Å². The van der Waals surface area contributed by atoms with Gasteiger partial charge in [-0.2, -0.15) is 0 Å². The number of ether oxygens (including phenoxy) is 1. The van der Waals surface area contributed by atoms with E-state index in [1.807, 2.05) is 20.8 Å². The number of carbonyl (C=O) groups excluding carboxylic acids is 1. The quantitative estimate of drug-likeness (QED) is 0.775. The first-order chi connectivity index (χ1) is 13.2. The van der Waals surface area contributed by atoms with Crippen molar-refractivity contribution in [1.29, 1.82) is 0 Å². The van der Waals surface area contributed by atoms with Crippen LogP contribution < -0.4 is 5.32 Å². The number of benzene rings is 2. The van der Waals surface area contributed by atoms with Gasteiger partial charge in [-0.05, 0) is 42.3 Å². The smallest absolute Gasteiger partial charge is 0.222 e. The Hall–Kier alpha value is -2.34. The minimum absolute atomic E-state index is 0.0914. The topological polar surface area (TPSA) is 38.3 Å². The molecule has 1 saturated heterocycles. The van der Waals surface area contributed by atoms with Gasteiger partial charge in [0.1, 0.15) is 5.82 Å². The second kappa shape index (κ2) is 7.95. The highest BCUT2D eigenvalue weighted by molar-refractivity contribution is 5.78. The van der Waals surface area contributed by atoms with Crippen molar-refractivity contribution in [2.75, 3.05) is 0 Å². The molecule has 1 heterocycles. The Labute approximate surface area is 162 Å². The fourth-order valence-corrected chi connectivity index (χ4v) is 3.52. The fourth-order valence-electron chi connectivity index (χ4n) is 3.52. The molecule has 0 aliphatic carbocycles. The molecule has 0 bridgehead atoms. The van der Waals surface area contributed by atoms with E-state index in [1.54, 1.807) is 12.1 Å². The molecule has 150 valence electrons. The second-order valence-electron chi connectivity index (χ2n) is 7.95. The molecule has 1 fully saturated rings. The SMILES string of the molecule is CC(C)C(=O)N[C@]1(C)C[C@@H](c2ccc(F)cc2)O[C@@H](c2ccc(F)c(F)c2)C1. The summed E-state index contributed by atoms with van der Waals surface area (Å²) in [6, 6.07) is 9.66. The van der Waals surface area contributed by atoms with Crippen LogP contribution in [-0.4, -0.2) is 11.4 Å². The predicted molar refractivity (Wildman–Crippen MR) is 99.9 cm³/mol. The molecule has 2 aromatic carbocycles. The Kier molecular flexibility index (Phi) is 5.79. The van der Waals surface area contributed by atoms with Crippen molar-refractivity contribution >= 4 is 5.91 Å². The summed E-state index contributed by atoms with van der Waals surface area (Å²) in [7, 11) is 0. The Morgan fingerprint density at radius 1 is 1.00 bits per heavy atom. The summed E-state index contributed by atoms with van der Waals surface area (Å²) in [4.78, 5) is 12.3. The number of rotatable bonds is 4. The van der Waals surface area contributed by atoms with Crippen LogP contribution >= 0.6 is 0 Å². The Balaban J connectivity index is 1.94. The summed E-state index contributed by atoms with van der Waals surface area (Å²) < 4.78 is 46.6.